The summed E-state index contributed by atoms with van der Waals surface area (Å²) >= 11 is 0. The molecule has 1 amide bonds. The Bertz CT molecular complexity index is 1010. The van der Waals surface area contributed by atoms with Crippen LogP contribution < -0.4 is 5.32 Å². The normalized spacial score (nSPS) is 12.4. The third-order valence-corrected chi connectivity index (χ3v) is 5.29. The van der Waals surface area contributed by atoms with Crippen LogP contribution in [0.3, 0.4) is 0 Å². The number of amides is 1. The van der Waals surface area contributed by atoms with Gasteiger partial charge in [-0.25, -0.2) is 9.97 Å². The SMILES string of the molecule is CC(C)CC(=O)Nc1nc2c(nc1CCc1ccccc1)-c1ccccc1CC2. The molecule has 1 aromatic heterocycles. The number of hydrogen-bond donors (Lipinski definition) is 1. The number of nitrogens with zero attached hydrogens (tertiary/aromatic N) is 2. The van der Waals surface area contributed by atoms with Crippen molar-refractivity contribution in [2.75, 3.05) is 5.32 Å². The molecule has 4 rings (SSSR count). The van der Waals surface area contributed by atoms with Crippen LogP contribution in [0.2, 0.25) is 0 Å². The number of fused-ring (bicyclic) bond motifs is 3. The molecule has 4 nitrogen and oxygen atoms in total. The van der Waals surface area contributed by atoms with Crippen molar-refractivity contribution in [3.63, 3.8) is 0 Å². The molecule has 0 aliphatic heterocycles. The van der Waals surface area contributed by atoms with E-state index in [4.69, 9.17) is 9.97 Å². The fourth-order valence-electron chi connectivity index (χ4n) is 3.85. The number of anilines is 1. The van der Waals surface area contributed by atoms with Crippen molar-refractivity contribution in [3.8, 4) is 11.3 Å². The lowest BCUT2D eigenvalue weighted by molar-refractivity contribution is -0.116. The summed E-state index contributed by atoms with van der Waals surface area (Å²) in [6.45, 7) is 4.09. The maximum atomic E-state index is 12.4. The average Bonchev–Trinajstić information content (AvgIpc) is 2.72. The van der Waals surface area contributed by atoms with Gasteiger partial charge in [0.1, 0.15) is 0 Å². The van der Waals surface area contributed by atoms with Gasteiger partial charge in [0.05, 0.1) is 17.1 Å². The maximum Gasteiger partial charge on any atom is 0.225 e. The largest absolute Gasteiger partial charge is 0.309 e. The Kier molecular flexibility index (Phi) is 5.70. The minimum Gasteiger partial charge on any atom is -0.309 e. The molecular formula is C25H27N3O. The van der Waals surface area contributed by atoms with Crippen LogP contribution >= 0.6 is 0 Å². The molecule has 1 N–H and O–H groups in total. The zero-order valence-corrected chi connectivity index (χ0v) is 17.1. The number of carbonyl (C=O) groups is 1. The van der Waals surface area contributed by atoms with E-state index in [9.17, 15) is 4.79 Å². The number of carbonyl (C=O) groups excluding carboxylic acids is 1. The van der Waals surface area contributed by atoms with Gasteiger partial charge in [-0.2, -0.15) is 0 Å². The first-order valence-electron chi connectivity index (χ1n) is 10.4. The summed E-state index contributed by atoms with van der Waals surface area (Å²) in [7, 11) is 0. The first kappa shape index (κ1) is 19.3. The molecule has 1 heterocycles. The van der Waals surface area contributed by atoms with Gasteiger partial charge in [-0.1, -0.05) is 68.4 Å². The number of rotatable bonds is 6. The molecule has 1 aliphatic carbocycles. The lowest BCUT2D eigenvalue weighted by atomic mass is 9.91. The highest BCUT2D eigenvalue weighted by Crippen LogP contribution is 2.32. The number of aromatic nitrogens is 2. The fraction of sp³-hybridized carbons (Fsp3) is 0.320. The Balaban J connectivity index is 1.68. The minimum atomic E-state index is 0.00595. The molecule has 0 atom stereocenters. The van der Waals surface area contributed by atoms with Crippen molar-refractivity contribution in [2.45, 2.75) is 46.0 Å². The zero-order valence-electron chi connectivity index (χ0n) is 17.1. The molecule has 4 heteroatoms. The number of benzene rings is 2. The summed E-state index contributed by atoms with van der Waals surface area (Å²) in [5.74, 6) is 0.941. The van der Waals surface area contributed by atoms with Gasteiger partial charge in [-0.05, 0) is 42.7 Å². The fourth-order valence-corrected chi connectivity index (χ4v) is 3.85. The molecule has 0 saturated heterocycles. The van der Waals surface area contributed by atoms with Gasteiger partial charge in [0.2, 0.25) is 5.91 Å². The standard InChI is InChI=1S/C25H27N3O/c1-17(2)16-23(29)28-25-22(14-12-18-8-4-3-5-9-18)26-24-20-11-7-6-10-19(20)13-15-21(24)27-25/h3-11,17H,12-16H2,1-2H3,(H,27,28,29). The van der Waals surface area contributed by atoms with Gasteiger partial charge < -0.3 is 5.32 Å². The topological polar surface area (TPSA) is 54.9 Å². The highest BCUT2D eigenvalue weighted by atomic mass is 16.1. The van der Waals surface area contributed by atoms with Crippen LogP contribution in [0.4, 0.5) is 5.82 Å². The Morgan fingerprint density at radius 2 is 1.72 bits per heavy atom. The second-order valence-corrected chi connectivity index (χ2v) is 8.10. The smallest absolute Gasteiger partial charge is 0.225 e. The van der Waals surface area contributed by atoms with Crippen LogP contribution in [-0.4, -0.2) is 15.9 Å². The number of nitrogens with one attached hydrogen (secondary N) is 1. The Labute approximate surface area is 172 Å². The predicted molar refractivity (Wildman–Crippen MR) is 117 cm³/mol. The summed E-state index contributed by atoms with van der Waals surface area (Å²) in [4.78, 5) is 22.3. The lowest BCUT2D eigenvalue weighted by Crippen LogP contribution is -2.19. The lowest BCUT2D eigenvalue weighted by Gasteiger charge is -2.21. The molecule has 0 unspecified atom stereocenters. The van der Waals surface area contributed by atoms with E-state index < -0.39 is 0 Å². The van der Waals surface area contributed by atoms with Crippen molar-refractivity contribution in [1.29, 1.82) is 0 Å². The van der Waals surface area contributed by atoms with Crippen molar-refractivity contribution in [3.05, 3.63) is 77.1 Å². The number of aryl methyl sites for hydroxylation is 4. The maximum absolute atomic E-state index is 12.4. The van der Waals surface area contributed by atoms with E-state index in [0.29, 0.717) is 18.2 Å². The van der Waals surface area contributed by atoms with Crippen LogP contribution in [-0.2, 0) is 30.5 Å². The molecule has 0 fully saturated rings. The van der Waals surface area contributed by atoms with E-state index in [2.05, 4.69) is 53.8 Å². The van der Waals surface area contributed by atoms with Gasteiger partial charge in [-0.3, -0.25) is 4.79 Å². The third-order valence-electron chi connectivity index (χ3n) is 5.29. The molecule has 0 bridgehead atoms. The van der Waals surface area contributed by atoms with Gasteiger partial charge >= 0.3 is 0 Å². The van der Waals surface area contributed by atoms with Crippen LogP contribution in [0.1, 0.15) is 42.8 Å². The zero-order chi connectivity index (χ0) is 20.2. The average molecular weight is 386 g/mol. The molecule has 29 heavy (non-hydrogen) atoms. The quantitative estimate of drug-likeness (QED) is 0.649. The van der Waals surface area contributed by atoms with Gasteiger partial charge in [0, 0.05) is 12.0 Å². The van der Waals surface area contributed by atoms with E-state index in [1.54, 1.807) is 0 Å². The van der Waals surface area contributed by atoms with Crippen molar-refractivity contribution in [1.82, 2.24) is 9.97 Å². The summed E-state index contributed by atoms with van der Waals surface area (Å²) in [5.41, 5.74) is 6.55. The second-order valence-electron chi connectivity index (χ2n) is 8.10. The van der Waals surface area contributed by atoms with Crippen LogP contribution in [0.25, 0.3) is 11.3 Å². The van der Waals surface area contributed by atoms with Crippen LogP contribution in [0.5, 0.6) is 0 Å². The molecular weight excluding hydrogens is 358 g/mol. The van der Waals surface area contributed by atoms with Crippen molar-refractivity contribution < 1.29 is 4.79 Å². The van der Waals surface area contributed by atoms with Crippen LogP contribution in [0.15, 0.2) is 54.6 Å². The van der Waals surface area contributed by atoms with Crippen molar-refractivity contribution >= 4 is 11.7 Å². The Hall–Kier alpha value is -3.01. The molecule has 3 aromatic rings. The Morgan fingerprint density at radius 1 is 0.966 bits per heavy atom. The molecule has 2 aromatic carbocycles. The third kappa shape index (κ3) is 4.53. The molecule has 148 valence electrons. The highest BCUT2D eigenvalue weighted by Gasteiger charge is 2.22. The monoisotopic (exact) mass is 385 g/mol. The Morgan fingerprint density at radius 3 is 2.52 bits per heavy atom. The van der Waals surface area contributed by atoms with Gasteiger partial charge in [-0.15, -0.1) is 0 Å². The van der Waals surface area contributed by atoms with Gasteiger partial charge in [0.15, 0.2) is 5.82 Å². The molecule has 1 aliphatic rings. The highest BCUT2D eigenvalue weighted by molar-refractivity contribution is 5.90. The summed E-state index contributed by atoms with van der Waals surface area (Å²) in [6, 6.07) is 18.8. The number of hydrogen-bond acceptors (Lipinski definition) is 3. The van der Waals surface area contributed by atoms with E-state index in [0.717, 1.165) is 42.8 Å². The van der Waals surface area contributed by atoms with E-state index in [1.807, 2.05) is 19.9 Å². The molecule has 0 spiro atoms. The van der Waals surface area contributed by atoms with E-state index >= 15 is 0 Å². The van der Waals surface area contributed by atoms with Gasteiger partial charge in [0.25, 0.3) is 0 Å². The predicted octanol–water partition coefficient (Wildman–Crippen LogP) is 5.01. The summed E-state index contributed by atoms with van der Waals surface area (Å²) < 4.78 is 0. The first-order valence-corrected chi connectivity index (χ1v) is 10.4. The summed E-state index contributed by atoms with van der Waals surface area (Å²) in [5, 5.41) is 3.04. The van der Waals surface area contributed by atoms with Crippen molar-refractivity contribution in [2.24, 2.45) is 5.92 Å². The van der Waals surface area contributed by atoms with E-state index in [1.165, 1.54) is 16.7 Å². The van der Waals surface area contributed by atoms with Crippen LogP contribution in [0, 0.1) is 5.92 Å². The first-order chi connectivity index (χ1) is 14.1. The molecule has 0 saturated carbocycles. The summed E-state index contributed by atoms with van der Waals surface area (Å²) in [6.07, 6.45) is 3.90. The second kappa shape index (κ2) is 8.56. The van der Waals surface area contributed by atoms with E-state index in [-0.39, 0.29) is 5.91 Å². The minimum absolute atomic E-state index is 0.00595. The molecule has 0 radical (unpaired) electrons.